The summed E-state index contributed by atoms with van der Waals surface area (Å²) in [6.45, 7) is 1.15. The maximum absolute atomic E-state index is 13.1. The first-order valence-corrected chi connectivity index (χ1v) is 5.78. The zero-order chi connectivity index (χ0) is 14.9. The SMILES string of the molecule is Cc1c(C(=O)NC[C@H](O)C(=O)O)oc2ccc(F)cc12. The predicted octanol–water partition coefficient (Wildman–Crippen LogP) is 1.06. The van der Waals surface area contributed by atoms with E-state index < -0.39 is 30.3 Å². The summed E-state index contributed by atoms with van der Waals surface area (Å²) < 4.78 is 18.4. The number of nitrogens with one attached hydrogen (secondary N) is 1. The first kappa shape index (κ1) is 14.0. The van der Waals surface area contributed by atoms with Crippen LogP contribution in [0, 0.1) is 12.7 Å². The Hall–Kier alpha value is -2.41. The number of carboxylic acids is 1. The van der Waals surface area contributed by atoms with Crippen molar-refractivity contribution in [3.8, 4) is 0 Å². The summed E-state index contributed by atoms with van der Waals surface area (Å²) in [5.41, 5.74) is 0.801. The molecule has 0 saturated heterocycles. The van der Waals surface area contributed by atoms with Crippen molar-refractivity contribution in [2.45, 2.75) is 13.0 Å². The molecule has 0 aliphatic rings. The molecule has 106 valence electrons. The summed E-state index contributed by atoms with van der Waals surface area (Å²) in [6.07, 6.45) is -1.69. The number of aryl methyl sites for hydroxylation is 1. The van der Waals surface area contributed by atoms with E-state index >= 15 is 0 Å². The average Bonchev–Trinajstić information content (AvgIpc) is 2.73. The predicted molar refractivity (Wildman–Crippen MR) is 66.9 cm³/mol. The highest BCUT2D eigenvalue weighted by molar-refractivity contribution is 5.99. The Morgan fingerprint density at radius 1 is 1.45 bits per heavy atom. The number of carbonyl (C=O) groups is 2. The van der Waals surface area contributed by atoms with Gasteiger partial charge in [0.25, 0.3) is 5.91 Å². The molecular formula is C13H12FNO5. The zero-order valence-electron chi connectivity index (χ0n) is 10.5. The minimum Gasteiger partial charge on any atom is -0.479 e. The number of aliphatic hydroxyl groups excluding tert-OH is 1. The van der Waals surface area contributed by atoms with E-state index in [-0.39, 0.29) is 5.76 Å². The van der Waals surface area contributed by atoms with Gasteiger partial charge in [-0.1, -0.05) is 0 Å². The van der Waals surface area contributed by atoms with Gasteiger partial charge in [0.15, 0.2) is 11.9 Å². The fourth-order valence-corrected chi connectivity index (χ4v) is 1.77. The second-order valence-corrected chi connectivity index (χ2v) is 4.26. The van der Waals surface area contributed by atoms with Gasteiger partial charge in [-0.3, -0.25) is 4.79 Å². The van der Waals surface area contributed by atoms with Gasteiger partial charge in [-0.05, 0) is 25.1 Å². The van der Waals surface area contributed by atoms with Crippen molar-refractivity contribution in [1.29, 1.82) is 0 Å². The molecule has 0 fully saturated rings. The van der Waals surface area contributed by atoms with Crippen molar-refractivity contribution in [3.05, 3.63) is 35.3 Å². The molecule has 0 aliphatic carbocycles. The number of benzene rings is 1. The Morgan fingerprint density at radius 2 is 2.15 bits per heavy atom. The summed E-state index contributed by atoms with van der Waals surface area (Å²) in [6, 6.07) is 3.86. The largest absolute Gasteiger partial charge is 0.479 e. The number of aliphatic hydroxyl groups is 1. The number of fused-ring (bicyclic) bond motifs is 1. The Morgan fingerprint density at radius 3 is 2.80 bits per heavy atom. The summed E-state index contributed by atoms with van der Waals surface area (Å²) in [5, 5.41) is 20.3. The van der Waals surface area contributed by atoms with Gasteiger partial charge in [0.1, 0.15) is 11.4 Å². The second-order valence-electron chi connectivity index (χ2n) is 4.26. The third-order valence-corrected chi connectivity index (χ3v) is 2.85. The molecule has 0 bridgehead atoms. The van der Waals surface area contributed by atoms with E-state index in [4.69, 9.17) is 14.6 Å². The first-order chi connectivity index (χ1) is 9.40. The lowest BCUT2D eigenvalue weighted by atomic mass is 10.1. The molecule has 1 heterocycles. The summed E-state index contributed by atoms with van der Waals surface area (Å²) in [5.74, 6) is -2.59. The topological polar surface area (TPSA) is 99.8 Å². The molecule has 0 saturated carbocycles. The number of furan rings is 1. The lowest BCUT2D eigenvalue weighted by molar-refractivity contribution is -0.146. The molecule has 0 radical (unpaired) electrons. The smallest absolute Gasteiger partial charge is 0.334 e. The normalized spacial score (nSPS) is 12.3. The number of aliphatic carboxylic acids is 1. The maximum Gasteiger partial charge on any atom is 0.334 e. The van der Waals surface area contributed by atoms with Gasteiger partial charge in [-0.15, -0.1) is 0 Å². The number of carboxylic acid groups (broad SMARTS) is 1. The van der Waals surface area contributed by atoms with Crippen LogP contribution < -0.4 is 5.32 Å². The minimum atomic E-state index is -1.69. The van der Waals surface area contributed by atoms with Crippen molar-refractivity contribution in [2.75, 3.05) is 6.54 Å². The van der Waals surface area contributed by atoms with E-state index in [2.05, 4.69) is 5.32 Å². The molecule has 2 aromatic rings. The molecule has 20 heavy (non-hydrogen) atoms. The van der Waals surface area contributed by atoms with Crippen LogP contribution in [0.4, 0.5) is 4.39 Å². The van der Waals surface area contributed by atoms with Crippen molar-refractivity contribution in [2.24, 2.45) is 0 Å². The molecule has 0 unspecified atom stereocenters. The van der Waals surface area contributed by atoms with E-state index in [9.17, 15) is 14.0 Å². The fraction of sp³-hybridized carbons (Fsp3) is 0.231. The average molecular weight is 281 g/mol. The highest BCUT2D eigenvalue weighted by Gasteiger charge is 2.20. The van der Waals surface area contributed by atoms with E-state index in [1.807, 2.05) is 0 Å². The summed E-state index contributed by atoms with van der Waals surface area (Å²) >= 11 is 0. The van der Waals surface area contributed by atoms with Crippen LogP contribution >= 0.6 is 0 Å². The van der Waals surface area contributed by atoms with Gasteiger partial charge in [0.05, 0.1) is 6.54 Å². The van der Waals surface area contributed by atoms with Crippen molar-refractivity contribution in [3.63, 3.8) is 0 Å². The quantitative estimate of drug-likeness (QED) is 0.778. The van der Waals surface area contributed by atoms with Gasteiger partial charge >= 0.3 is 5.97 Å². The van der Waals surface area contributed by atoms with Gasteiger partial charge in [-0.2, -0.15) is 0 Å². The lowest BCUT2D eigenvalue weighted by Gasteiger charge is -2.06. The van der Waals surface area contributed by atoms with E-state index in [0.29, 0.717) is 16.5 Å². The monoisotopic (exact) mass is 281 g/mol. The van der Waals surface area contributed by atoms with Crippen molar-refractivity contribution >= 4 is 22.8 Å². The van der Waals surface area contributed by atoms with Gasteiger partial charge in [0, 0.05) is 10.9 Å². The molecule has 6 nitrogen and oxygen atoms in total. The zero-order valence-corrected chi connectivity index (χ0v) is 10.5. The summed E-state index contributed by atoms with van der Waals surface area (Å²) in [4.78, 5) is 22.3. The number of amides is 1. The van der Waals surface area contributed by atoms with E-state index in [0.717, 1.165) is 0 Å². The van der Waals surface area contributed by atoms with Crippen LogP contribution in [0.15, 0.2) is 22.6 Å². The van der Waals surface area contributed by atoms with Crippen molar-refractivity contribution in [1.82, 2.24) is 5.32 Å². The number of halogens is 1. The number of hydrogen-bond acceptors (Lipinski definition) is 4. The molecule has 0 spiro atoms. The summed E-state index contributed by atoms with van der Waals surface area (Å²) in [7, 11) is 0. The van der Waals surface area contributed by atoms with Crippen LogP contribution in [0.25, 0.3) is 11.0 Å². The van der Waals surface area contributed by atoms with Crippen molar-refractivity contribution < 1.29 is 28.6 Å². The molecule has 2 rings (SSSR count). The lowest BCUT2D eigenvalue weighted by Crippen LogP contribution is -2.36. The van der Waals surface area contributed by atoms with Gasteiger partial charge in [0.2, 0.25) is 0 Å². The van der Waals surface area contributed by atoms with E-state index in [1.54, 1.807) is 6.92 Å². The van der Waals surface area contributed by atoms with Crippen LogP contribution in [0.5, 0.6) is 0 Å². The third-order valence-electron chi connectivity index (χ3n) is 2.85. The van der Waals surface area contributed by atoms with Crippen LogP contribution in [0.3, 0.4) is 0 Å². The minimum absolute atomic E-state index is 0.0387. The Bertz CT molecular complexity index is 679. The van der Waals surface area contributed by atoms with Gasteiger partial charge in [-0.25, -0.2) is 9.18 Å². The maximum atomic E-state index is 13.1. The molecule has 1 atom stereocenters. The number of hydrogen-bond donors (Lipinski definition) is 3. The van der Waals surface area contributed by atoms with Crippen LogP contribution in [0.2, 0.25) is 0 Å². The molecule has 1 aromatic heterocycles. The number of carbonyl (C=O) groups excluding carboxylic acids is 1. The second kappa shape index (κ2) is 5.30. The molecule has 0 aliphatic heterocycles. The fourth-order valence-electron chi connectivity index (χ4n) is 1.77. The Kier molecular flexibility index (Phi) is 3.71. The molecule has 3 N–H and O–H groups in total. The molecular weight excluding hydrogens is 269 g/mol. The number of rotatable bonds is 4. The van der Waals surface area contributed by atoms with E-state index in [1.165, 1.54) is 18.2 Å². The first-order valence-electron chi connectivity index (χ1n) is 5.78. The van der Waals surface area contributed by atoms with Crippen LogP contribution in [-0.2, 0) is 4.79 Å². The Balaban J connectivity index is 2.22. The Labute approximate surface area is 112 Å². The molecule has 1 amide bonds. The highest BCUT2D eigenvalue weighted by atomic mass is 19.1. The third kappa shape index (κ3) is 2.62. The van der Waals surface area contributed by atoms with Gasteiger partial charge < -0.3 is 19.9 Å². The van der Waals surface area contributed by atoms with Crippen LogP contribution in [-0.4, -0.2) is 34.7 Å². The standard InChI is InChI=1S/C13H12FNO5/c1-6-8-4-7(14)2-3-10(8)20-11(6)12(17)15-5-9(16)13(18)19/h2-4,9,16H,5H2,1H3,(H,15,17)(H,18,19)/t9-/m0/s1. The molecule has 1 aromatic carbocycles. The van der Waals surface area contributed by atoms with Crippen LogP contribution in [0.1, 0.15) is 16.1 Å². The molecule has 7 heteroatoms. The highest BCUT2D eigenvalue weighted by Crippen LogP contribution is 2.25.